The van der Waals surface area contributed by atoms with Gasteiger partial charge in [-0.2, -0.15) is 0 Å². The molecule has 18 heavy (non-hydrogen) atoms. The van der Waals surface area contributed by atoms with Gasteiger partial charge in [0.1, 0.15) is 11.4 Å². The van der Waals surface area contributed by atoms with Crippen LogP contribution in [0.4, 0.5) is 0 Å². The third kappa shape index (κ3) is 2.04. The third-order valence-electron chi connectivity index (χ3n) is 3.76. The molecule has 1 aromatic carbocycles. The van der Waals surface area contributed by atoms with Crippen molar-refractivity contribution in [2.45, 2.75) is 50.1 Å². The predicted octanol–water partition coefficient (Wildman–Crippen LogP) is 3.52. The monoisotopic (exact) mass is 263 g/mol. The summed E-state index contributed by atoms with van der Waals surface area (Å²) in [6, 6.07) is 9.06. The molecule has 0 aliphatic carbocycles. The van der Waals surface area contributed by atoms with E-state index in [2.05, 4.69) is 50.4 Å². The summed E-state index contributed by atoms with van der Waals surface area (Å²) in [7, 11) is 0. The number of para-hydroxylation sites is 1. The molecule has 0 bridgehead atoms. The molecule has 3 heteroatoms. The van der Waals surface area contributed by atoms with Gasteiger partial charge in [0.05, 0.1) is 4.87 Å². The lowest BCUT2D eigenvalue weighted by Crippen LogP contribution is -2.55. The summed E-state index contributed by atoms with van der Waals surface area (Å²) in [5, 5.41) is 3.83. The SMILES string of the molecule is CC1CCSC2(CC(C)(C)Oc3ccccc32)N1. The first-order valence-corrected chi connectivity index (χ1v) is 7.70. The van der Waals surface area contributed by atoms with Crippen LogP contribution >= 0.6 is 11.8 Å². The molecule has 2 nitrogen and oxygen atoms in total. The summed E-state index contributed by atoms with van der Waals surface area (Å²) in [5.74, 6) is 2.27. The number of ether oxygens (including phenoxy) is 1. The maximum Gasteiger partial charge on any atom is 0.126 e. The highest BCUT2D eigenvalue weighted by Gasteiger charge is 2.47. The average Bonchev–Trinajstić information content (AvgIpc) is 2.27. The Labute approximate surface area is 113 Å². The van der Waals surface area contributed by atoms with Gasteiger partial charge in [-0.05, 0) is 39.0 Å². The van der Waals surface area contributed by atoms with Crippen LogP contribution in [0.15, 0.2) is 24.3 Å². The zero-order valence-corrected chi connectivity index (χ0v) is 12.1. The molecule has 3 rings (SSSR count). The quantitative estimate of drug-likeness (QED) is 0.774. The first kappa shape index (κ1) is 12.4. The van der Waals surface area contributed by atoms with E-state index in [4.69, 9.17) is 4.74 Å². The molecule has 1 fully saturated rings. The largest absolute Gasteiger partial charge is 0.487 e. The fraction of sp³-hybridized carbons (Fsp3) is 0.600. The van der Waals surface area contributed by atoms with Crippen LogP contribution in [0.1, 0.15) is 39.2 Å². The molecule has 1 N–H and O–H groups in total. The Morgan fingerprint density at radius 2 is 2.11 bits per heavy atom. The number of benzene rings is 1. The molecule has 1 aromatic rings. The zero-order valence-electron chi connectivity index (χ0n) is 11.3. The van der Waals surface area contributed by atoms with Gasteiger partial charge < -0.3 is 4.74 Å². The van der Waals surface area contributed by atoms with Gasteiger partial charge in [-0.3, -0.25) is 5.32 Å². The van der Waals surface area contributed by atoms with E-state index in [-0.39, 0.29) is 10.5 Å². The topological polar surface area (TPSA) is 21.3 Å². The molecule has 2 unspecified atom stereocenters. The van der Waals surface area contributed by atoms with Gasteiger partial charge in [0.25, 0.3) is 0 Å². The van der Waals surface area contributed by atoms with E-state index in [0.717, 1.165) is 12.2 Å². The number of hydrogen-bond donors (Lipinski definition) is 1. The van der Waals surface area contributed by atoms with E-state index in [1.807, 2.05) is 11.8 Å². The van der Waals surface area contributed by atoms with E-state index in [0.29, 0.717) is 6.04 Å². The molecule has 0 aromatic heterocycles. The Morgan fingerprint density at radius 1 is 1.33 bits per heavy atom. The summed E-state index contributed by atoms with van der Waals surface area (Å²) < 4.78 is 6.13. The normalized spacial score (nSPS) is 33.8. The van der Waals surface area contributed by atoms with Crippen molar-refractivity contribution >= 4 is 11.8 Å². The molecule has 2 heterocycles. The summed E-state index contributed by atoms with van der Waals surface area (Å²) in [6.45, 7) is 6.66. The Bertz CT molecular complexity index is 460. The number of thioether (sulfide) groups is 1. The second-order valence-electron chi connectivity index (χ2n) is 6.04. The minimum Gasteiger partial charge on any atom is -0.487 e. The summed E-state index contributed by atoms with van der Waals surface area (Å²) in [5.41, 5.74) is 1.21. The van der Waals surface area contributed by atoms with Crippen molar-refractivity contribution in [2.75, 3.05) is 5.75 Å². The molecule has 2 atom stereocenters. The van der Waals surface area contributed by atoms with Gasteiger partial charge in [-0.15, -0.1) is 11.8 Å². The second kappa shape index (κ2) is 4.17. The van der Waals surface area contributed by atoms with Crippen molar-refractivity contribution in [1.82, 2.24) is 5.32 Å². The van der Waals surface area contributed by atoms with E-state index < -0.39 is 0 Å². The van der Waals surface area contributed by atoms with E-state index in [9.17, 15) is 0 Å². The van der Waals surface area contributed by atoms with Gasteiger partial charge in [-0.25, -0.2) is 0 Å². The number of hydrogen-bond acceptors (Lipinski definition) is 3. The highest BCUT2D eigenvalue weighted by Crippen LogP contribution is 2.51. The van der Waals surface area contributed by atoms with Crippen LogP contribution < -0.4 is 10.1 Å². The van der Waals surface area contributed by atoms with Gasteiger partial charge in [-0.1, -0.05) is 18.2 Å². The van der Waals surface area contributed by atoms with Crippen LogP contribution in [0.2, 0.25) is 0 Å². The molecule has 0 saturated carbocycles. The van der Waals surface area contributed by atoms with Crippen LogP contribution in [-0.2, 0) is 4.87 Å². The maximum atomic E-state index is 6.13. The van der Waals surface area contributed by atoms with Crippen molar-refractivity contribution in [3.8, 4) is 5.75 Å². The predicted molar refractivity (Wildman–Crippen MR) is 77.1 cm³/mol. The van der Waals surface area contributed by atoms with Gasteiger partial charge in [0.2, 0.25) is 0 Å². The molecule has 2 aliphatic heterocycles. The van der Waals surface area contributed by atoms with E-state index >= 15 is 0 Å². The second-order valence-corrected chi connectivity index (χ2v) is 7.44. The highest BCUT2D eigenvalue weighted by molar-refractivity contribution is 8.00. The lowest BCUT2D eigenvalue weighted by atomic mass is 9.88. The summed E-state index contributed by atoms with van der Waals surface area (Å²) in [4.78, 5) is 0.0377. The minimum atomic E-state index is -0.106. The lowest BCUT2D eigenvalue weighted by Gasteiger charge is -2.49. The van der Waals surface area contributed by atoms with Gasteiger partial charge >= 0.3 is 0 Å². The fourth-order valence-electron chi connectivity index (χ4n) is 3.10. The Hall–Kier alpha value is -0.670. The molecule has 98 valence electrons. The minimum absolute atomic E-state index is 0.0377. The number of fused-ring (bicyclic) bond motifs is 2. The van der Waals surface area contributed by atoms with Crippen LogP contribution in [0, 0.1) is 0 Å². The van der Waals surface area contributed by atoms with Gasteiger partial charge in [0.15, 0.2) is 0 Å². The molecular formula is C15H21NOS. The highest BCUT2D eigenvalue weighted by atomic mass is 32.2. The van der Waals surface area contributed by atoms with Crippen molar-refractivity contribution < 1.29 is 4.74 Å². The molecule has 0 radical (unpaired) electrons. The fourth-order valence-corrected chi connectivity index (χ4v) is 4.98. The van der Waals surface area contributed by atoms with E-state index in [1.54, 1.807) is 0 Å². The van der Waals surface area contributed by atoms with Crippen molar-refractivity contribution in [3.05, 3.63) is 29.8 Å². The van der Waals surface area contributed by atoms with Crippen LogP contribution in [-0.4, -0.2) is 17.4 Å². The first-order valence-electron chi connectivity index (χ1n) is 6.71. The van der Waals surface area contributed by atoms with Crippen molar-refractivity contribution in [1.29, 1.82) is 0 Å². The number of rotatable bonds is 0. The van der Waals surface area contributed by atoms with E-state index in [1.165, 1.54) is 17.7 Å². The summed E-state index contributed by atoms with van der Waals surface area (Å²) >= 11 is 2.04. The Kier molecular flexibility index (Phi) is 2.87. The first-order chi connectivity index (χ1) is 8.51. The Morgan fingerprint density at radius 3 is 2.89 bits per heavy atom. The Balaban J connectivity index is 2.08. The smallest absolute Gasteiger partial charge is 0.126 e. The van der Waals surface area contributed by atoms with Gasteiger partial charge in [0, 0.05) is 18.0 Å². The molecule has 1 spiro atoms. The van der Waals surface area contributed by atoms with Crippen LogP contribution in [0.3, 0.4) is 0 Å². The average molecular weight is 263 g/mol. The summed E-state index contributed by atoms with van der Waals surface area (Å²) in [6.07, 6.45) is 2.27. The standard InChI is InChI=1S/C15H21NOS/c1-11-8-9-18-15(16-11)10-14(2,3)17-13-7-5-4-6-12(13)15/h4-7,11,16H,8-10H2,1-3H3. The lowest BCUT2D eigenvalue weighted by molar-refractivity contribution is 0.0544. The van der Waals surface area contributed by atoms with Crippen LogP contribution in [0.5, 0.6) is 5.75 Å². The van der Waals surface area contributed by atoms with Crippen molar-refractivity contribution in [2.24, 2.45) is 0 Å². The number of nitrogens with one attached hydrogen (secondary N) is 1. The third-order valence-corrected chi connectivity index (χ3v) is 5.18. The maximum absolute atomic E-state index is 6.13. The molecule has 2 aliphatic rings. The zero-order chi connectivity index (χ0) is 12.8. The molecular weight excluding hydrogens is 242 g/mol. The molecule has 0 amide bonds. The molecule has 1 saturated heterocycles. The van der Waals surface area contributed by atoms with Crippen molar-refractivity contribution in [3.63, 3.8) is 0 Å². The van der Waals surface area contributed by atoms with Crippen LogP contribution in [0.25, 0.3) is 0 Å².